The fourth-order valence-electron chi connectivity index (χ4n) is 2.72. The van der Waals surface area contributed by atoms with Crippen LogP contribution < -0.4 is 11.1 Å². The number of nitrogens with two attached hydrogens (primary N) is 1. The molecule has 0 spiro atoms. The second-order valence-corrected chi connectivity index (χ2v) is 6.09. The number of nitrogens with zero attached hydrogens (tertiary/aromatic N) is 1. The first-order valence-corrected chi connectivity index (χ1v) is 7.61. The highest BCUT2D eigenvalue weighted by Gasteiger charge is 2.28. The number of hydrogen-bond donors (Lipinski definition) is 4. The topological polar surface area (TPSA) is 90.9 Å². The molecule has 5 nitrogen and oxygen atoms in total. The van der Waals surface area contributed by atoms with E-state index in [2.05, 4.69) is 10.5 Å². The van der Waals surface area contributed by atoms with Gasteiger partial charge in [-0.3, -0.25) is 0 Å². The van der Waals surface area contributed by atoms with E-state index in [0.717, 1.165) is 31.2 Å². The highest BCUT2D eigenvalue weighted by molar-refractivity contribution is 6.31. The van der Waals surface area contributed by atoms with Crippen LogP contribution in [0.4, 0.5) is 0 Å². The van der Waals surface area contributed by atoms with Gasteiger partial charge in [-0.25, -0.2) is 0 Å². The van der Waals surface area contributed by atoms with Gasteiger partial charge >= 0.3 is 0 Å². The summed E-state index contributed by atoms with van der Waals surface area (Å²) in [7, 11) is 0. The zero-order valence-corrected chi connectivity index (χ0v) is 12.7. The van der Waals surface area contributed by atoms with E-state index in [9.17, 15) is 5.11 Å². The lowest BCUT2D eigenvalue weighted by Crippen LogP contribution is -2.41. The second kappa shape index (κ2) is 7.11. The van der Waals surface area contributed by atoms with Crippen molar-refractivity contribution in [2.45, 2.75) is 44.2 Å². The minimum absolute atomic E-state index is 0.0351. The lowest BCUT2D eigenvalue weighted by atomic mass is 9.85. The maximum absolute atomic E-state index is 10.4. The Morgan fingerprint density at radius 1 is 1.33 bits per heavy atom. The molecule has 2 rings (SSSR count). The average molecular weight is 312 g/mol. The zero-order valence-electron chi connectivity index (χ0n) is 12.0. The predicted molar refractivity (Wildman–Crippen MR) is 83.7 cm³/mol. The van der Waals surface area contributed by atoms with Gasteiger partial charge in [0.25, 0.3) is 0 Å². The van der Waals surface area contributed by atoms with Crippen LogP contribution in [-0.2, 0) is 6.54 Å². The van der Waals surface area contributed by atoms with Gasteiger partial charge in [-0.15, -0.1) is 0 Å². The Hall–Kier alpha value is -1.30. The lowest BCUT2D eigenvalue weighted by Gasteiger charge is -2.32. The van der Waals surface area contributed by atoms with Crippen LogP contribution in [0.15, 0.2) is 23.4 Å². The van der Waals surface area contributed by atoms with Gasteiger partial charge in [-0.1, -0.05) is 48.2 Å². The standard InChI is InChI=1S/C15H22ClN3O2/c16-13-8-11(14(17)19-21)4-5-12(13)9-18-10-15(20)6-2-1-3-7-15/h4-5,8,18,20-21H,1-3,6-7,9-10H2,(H2,17,19). The van der Waals surface area contributed by atoms with E-state index in [-0.39, 0.29) is 5.84 Å². The van der Waals surface area contributed by atoms with Crippen LogP contribution in [0.3, 0.4) is 0 Å². The van der Waals surface area contributed by atoms with E-state index < -0.39 is 5.60 Å². The van der Waals surface area contributed by atoms with Crippen molar-refractivity contribution < 1.29 is 10.3 Å². The molecule has 0 bridgehead atoms. The van der Waals surface area contributed by atoms with E-state index in [1.54, 1.807) is 12.1 Å². The first-order chi connectivity index (χ1) is 10.0. The summed E-state index contributed by atoms with van der Waals surface area (Å²) in [5.41, 5.74) is 6.44. The Bertz CT molecular complexity index is 514. The van der Waals surface area contributed by atoms with Gasteiger partial charge in [0.15, 0.2) is 5.84 Å². The maximum Gasteiger partial charge on any atom is 0.170 e. The van der Waals surface area contributed by atoms with Crippen molar-refractivity contribution in [3.05, 3.63) is 34.3 Å². The van der Waals surface area contributed by atoms with Crippen LogP contribution in [0.1, 0.15) is 43.2 Å². The summed E-state index contributed by atoms with van der Waals surface area (Å²) in [6.07, 6.45) is 5.11. The normalized spacial score (nSPS) is 18.7. The largest absolute Gasteiger partial charge is 0.409 e. The SMILES string of the molecule is N/C(=N/O)c1ccc(CNCC2(O)CCCCC2)c(Cl)c1. The predicted octanol–water partition coefficient (Wildman–Crippen LogP) is 2.22. The lowest BCUT2D eigenvalue weighted by molar-refractivity contribution is 0.00467. The number of aliphatic hydroxyl groups is 1. The van der Waals surface area contributed by atoms with Crippen molar-refractivity contribution in [3.8, 4) is 0 Å². The van der Waals surface area contributed by atoms with Crippen molar-refractivity contribution >= 4 is 17.4 Å². The van der Waals surface area contributed by atoms with E-state index in [4.69, 9.17) is 22.5 Å². The van der Waals surface area contributed by atoms with E-state index >= 15 is 0 Å². The third-order valence-electron chi connectivity index (χ3n) is 4.01. The number of benzene rings is 1. The van der Waals surface area contributed by atoms with Gasteiger partial charge in [-0.05, 0) is 24.5 Å². The van der Waals surface area contributed by atoms with Gasteiger partial charge in [-0.2, -0.15) is 0 Å². The molecule has 0 aliphatic heterocycles. The number of rotatable bonds is 5. The highest BCUT2D eigenvalue weighted by Crippen LogP contribution is 2.27. The molecule has 5 N–H and O–H groups in total. The Kier molecular flexibility index (Phi) is 5.45. The molecule has 116 valence electrons. The molecule has 1 aliphatic rings. The molecule has 1 aromatic carbocycles. The van der Waals surface area contributed by atoms with Gasteiger partial charge in [0.1, 0.15) is 0 Å². The van der Waals surface area contributed by atoms with Crippen LogP contribution in [-0.4, -0.2) is 28.3 Å². The Balaban J connectivity index is 1.91. The summed E-state index contributed by atoms with van der Waals surface area (Å²) in [6, 6.07) is 5.27. The second-order valence-electron chi connectivity index (χ2n) is 5.68. The smallest absolute Gasteiger partial charge is 0.170 e. The molecule has 1 fully saturated rings. The van der Waals surface area contributed by atoms with Gasteiger partial charge in [0.2, 0.25) is 0 Å². The number of nitrogens with one attached hydrogen (secondary N) is 1. The van der Waals surface area contributed by atoms with E-state index in [1.807, 2.05) is 6.07 Å². The zero-order chi connectivity index (χ0) is 15.3. The first-order valence-electron chi connectivity index (χ1n) is 7.23. The highest BCUT2D eigenvalue weighted by atomic mass is 35.5. The summed E-state index contributed by atoms with van der Waals surface area (Å²) in [4.78, 5) is 0. The average Bonchev–Trinajstić information content (AvgIpc) is 2.48. The van der Waals surface area contributed by atoms with Gasteiger partial charge < -0.3 is 21.4 Å². The Morgan fingerprint density at radius 2 is 2.05 bits per heavy atom. The minimum atomic E-state index is -0.585. The molecule has 6 heteroatoms. The Morgan fingerprint density at radius 3 is 2.67 bits per heavy atom. The molecule has 0 saturated heterocycles. The summed E-state index contributed by atoms with van der Waals surface area (Å²) < 4.78 is 0. The number of oxime groups is 1. The number of halogens is 1. The van der Waals surface area contributed by atoms with Crippen LogP contribution >= 0.6 is 11.6 Å². The summed E-state index contributed by atoms with van der Waals surface area (Å²) >= 11 is 6.19. The molecule has 21 heavy (non-hydrogen) atoms. The molecular formula is C15H22ClN3O2. The molecule has 0 heterocycles. The van der Waals surface area contributed by atoms with E-state index in [0.29, 0.717) is 23.7 Å². The van der Waals surface area contributed by atoms with Crippen molar-refractivity contribution in [3.63, 3.8) is 0 Å². The maximum atomic E-state index is 10.4. The number of hydrogen-bond acceptors (Lipinski definition) is 4. The third-order valence-corrected chi connectivity index (χ3v) is 4.36. The summed E-state index contributed by atoms with van der Waals surface area (Å²) in [5.74, 6) is 0.0351. The molecule has 1 aliphatic carbocycles. The first kappa shape index (κ1) is 16.1. The number of amidine groups is 1. The molecule has 0 amide bonds. The van der Waals surface area contributed by atoms with Crippen molar-refractivity contribution in [2.24, 2.45) is 10.9 Å². The third kappa shape index (κ3) is 4.33. The molecule has 0 aromatic heterocycles. The monoisotopic (exact) mass is 311 g/mol. The fraction of sp³-hybridized carbons (Fsp3) is 0.533. The summed E-state index contributed by atoms with van der Waals surface area (Å²) in [6.45, 7) is 1.16. The van der Waals surface area contributed by atoms with Crippen molar-refractivity contribution in [1.29, 1.82) is 0 Å². The van der Waals surface area contributed by atoms with Crippen molar-refractivity contribution in [1.82, 2.24) is 5.32 Å². The van der Waals surface area contributed by atoms with Crippen LogP contribution in [0, 0.1) is 0 Å². The van der Waals surface area contributed by atoms with Gasteiger partial charge in [0, 0.05) is 23.7 Å². The molecule has 0 atom stereocenters. The molecule has 1 saturated carbocycles. The molecule has 1 aromatic rings. The quantitative estimate of drug-likeness (QED) is 0.290. The summed E-state index contributed by atoms with van der Waals surface area (Å²) in [5, 5.41) is 25.8. The molecule has 0 radical (unpaired) electrons. The van der Waals surface area contributed by atoms with Crippen LogP contribution in [0.2, 0.25) is 5.02 Å². The van der Waals surface area contributed by atoms with Crippen molar-refractivity contribution in [2.75, 3.05) is 6.54 Å². The fourth-order valence-corrected chi connectivity index (χ4v) is 2.97. The van der Waals surface area contributed by atoms with Gasteiger partial charge in [0.05, 0.1) is 5.60 Å². The Labute approximate surface area is 129 Å². The molecule has 0 unspecified atom stereocenters. The van der Waals surface area contributed by atoms with Crippen LogP contribution in [0.25, 0.3) is 0 Å². The molecular weight excluding hydrogens is 290 g/mol. The van der Waals surface area contributed by atoms with Crippen LogP contribution in [0.5, 0.6) is 0 Å². The van der Waals surface area contributed by atoms with E-state index in [1.165, 1.54) is 6.42 Å². The minimum Gasteiger partial charge on any atom is -0.409 e.